The Kier molecular flexibility index (Phi) is 7.09. The van der Waals surface area contributed by atoms with Crippen LogP contribution in [0.2, 0.25) is 0 Å². The average Bonchev–Trinajstić information content (AvgIpc) is 2.74. The summed E-state index contributed by atoms with van der Waals surface area (Å²) in [6, 6.07) is 17.2. The predicted octanol–water partition coefficient (Wildman–Crippen LogP) is 5.84. The Morgan fingerprint density at radius 1 is 0.933 bits per heavy atom. The molecular formula is C26H30O4. The van der Waals surface area contributed by atoms with Crippen molar-refractivity contribution in [3.05, 3.63) is 77.4 Å². The highest BCUT2D eigenvalue weighted by molar-refractivity contribution is 6.27. The van der Waals surface area contributed by atoms with Gasteiger partial charge in [-0.3, -0.25) is 4.79 Å². The molecule has 0 bridgehead atoms. The highest BCUT2D eigenvalue weighted by Gasteiger charge is 2.36. The van der Waals surface area contributed by atoms with Gasteiger partial charge in [-0.2, -0.15) is 0 Å². The van der Waals surface area contributed by atoms with E-state index in [9.17, 15) is 14.7 Å². The third-order valence-corrected chi connectivity index (χ3v) is 5.97. The number of carbonyl (C=O) groups is 2. The molecule has 3 rings (SSSR count). The van der Waals surface area contributed by atoms with Crippen LogP contribution in [-0.4, -0.2) is 23.0 Å². The predicted molar refractivity (Wildman–Crippen MR) is 118 cm³/mol. The molecule has 0 spiro atoms. The van der Waals surface area contributed by atoms with Crippen LogP contribution in [-0.2, 0) is 9.53 Å². The van der Waals surface area contributed by atoms with Gasteiger partial charge in [0, 0.05) is 11.1 Å². The van der Waals surface area contributed by atoms with Crippen molar-refractivity contribution >= 4 is 17.5 Å². The first kappa shape index (κ1) is 21.8. The number of aliphatic hydroxyl groups is 1. The van der Waals surface area contributed by atoms with Crippen LogP contribution < -0.4 is 0 Å². The van der Waals surface area contributed by atoms with Gasteiger partial charge < -0.3 is 9.84 Å². The van der Waals surface area contributed by atoms with Crippen LogP contribution in [0.1, 0.15) is 56.0 Å². The van der Waals surface area contributed by atoms with Crippen molar-refractivity contribution in [2.45, 2.75) is 46.1 Å². The molecule has 2 aromatic rings. The molecule has 4 nitrogen and oxygen atoms in total. The lowest BCUT2D eigenvalue weighted by Crippen LogP contribution is -2.37. The second kappa shape index (κ2) is 9.75. The lowest BCUT2D eigenvalue weighted by Gasteiger charge is -2.36. The Balaban J connectivity index is 1.97. The fourth-order valence-electron chi connectivity index (χ4n) is 4.22. The van der Waals surface area contributed by atoms with Crippen molar-refractivity contribution in [3.63, 3.8) is 0 Å². The van der Waals surface area contributed by atoms with E-state index in [2.05, 4.69) is 20.8 Å². The first-order valence-corrected chi connectivity index (χ1v) is 10.7. The molecule has 0 aliphatic heterocycles. The van der Waals surface area contributed by atoms with E-state index in [0.29, 0.717) is 23.0 Å². The van der Waals surface area contributed by atoms with Crippen LogP contribution >= 0.6 is 0 Å². The van der Waals surface area contributed by atoms with Crippen molar-refractivity contribution in [3.8, 4) is 0 Å². The number of rotatable bonds is 6. The van der Waals surface area contributed by atoms with E-state index in [4.69, 9.17) is 4.74 Å². The van der Waals surface area contributed by atoms with Gasteiger partial charge in [-0.1, -0.05) is 87.9 Å². The maximum atomic E-state index is 13.3. The molecule has 0 aromatic heterocycles. The second-order valence-corrected chi connectivity index (χ2v) is 8.55. The fourth-order valence-corrected chi connectivity index (χ4v) is 4.22. The third-order valence-electron chi connectivity index (χ3n) is 5.97. The molecule has 1 aliphatic rings. The van der Waals surface area contributed by atoms with E-state index in [1.165, 1.54) is 0 Å². The van der Waals surface area contributed by atoms with Gasteiger partial charge in [0.2, 0.25) is 5.78 Å². The molecule has 0 radical (unpaired) electrons. The first-order valence-electron chi connectivity index (χ1n) is 10.7. The summed E-state index contributed by atoms with van der Waals surface area (Å²) in [7, 11) is 0. The van der Waals surface area contributed by atoms with Crippen LogP contribution in [0, 0.1) is 17.8 Å². The van der Waals surface area contributed by atoms with Gasteiger partial charge in [0.05, 0.1) is 0 Å². The fraction of sp³-hybridized carbons (Fsp3) is 0.385. The van der Waals surface area contributed by atoms with Gasteiger partial charge in [-0.05, 0) is 30.6 Å². The maximum Gasteiger partial charge on any atom is 0.346 e. The Labute approximate surface area is 178 Å². The zero-order chi connectivity index (χ0) is 21.7. The lowest BCUT2D eigenvalue weighted by atomic mass is 9.75. The molecule has 2 aromatic carbocycles. The Bertz CT molecular complexity index is 899. The number of carbonyl (C=O) groups excluding carboxylic acids is 2. The molecule has 1 aliphatic carbocycles. The summed E-state index contributed by atoms with van der Waals surface area (Å²) in [5.74, 6) is -0.564. The van der Waals surface area contributed by atoms with E-state index in [1.54, 1.807) is 54.6 Å². The van der Waals surface area contributed by atoms with Crippen LogP contribution in [0.15, 0.2) is 66.2 Å². The highest BCUT2D eigenvalue weighted by atomic mass is 16.5. The molecule has 0 heterocycles. The van der Waals surface area contributed by atoms with E-state index in [1.807, 2.05) is 6.07 Å². The van der Waals surface area contributed by atoms with Crippen molar-refractivity contribution in [2.75, 3.05) is 0 Å². The minimum absolute atomic E-state index is 0.247. The van der Waals surface area contributed by atoms with Crippen LogP contribution in [0.4, 0.5) is 0 Å². The summed E-state index contributed by atoms with van der Waals surface area (Å²) < 4.78 is 5.91. The number of hydrogen-bond acceptors (Lipinski definition) is 4. The maximum absolute atomic E-state index is 13.3. The quantitative estimate of drug-likeness (QED) is 0.163. The summed E-state index contributed by atoms with van der Waals surface area (Å²) in [4.78, 5) is 26.5. The molecule has 1 N–H and O–H groups in total. The number of benzene rings is 2. The van der Waals surface area contributed by atoms with Gasteiger partial charge in [0.1, 0.15) is 17.4 Å². The van der Waals surface area contributed by atoms with Gasteiger partial charge in [0.15, 0.2) is 0 Å². The number of Topliss-reactive ketones (excluding diaryl/α,β-unsaturated/α-hetero) is 1. The standard InChI is InChI=1S/C26H30O4/c1-17(2)21-15-14-18(3)16-22(21)30-26(29)23(24(27)19-10-6-4-7-11-19)25(28)20-12-8-5-9-13-20/h4-13,17-18,21-22,27H,14-16H2,1-3H3/b24-23-/t18-,21-,22+/m0/s1. The minimum Gasteiger partial charge on any atom is -0.506 e. The molecule has 3 atom stereocenters. The van der Waals surface area contributed by atoms with E-state index in [0.717, 1.165) is 19.3 Å². The summed E-state index contributed by atoms with van der Waals surface area (Å²) in [6.45, 7) is 6.42. The number of ketones is 1. The molecule has 158 valence electrons. The smallest absolute Gasteiger partial charge is 0.346 e. The summed E-state index contributed by atoms with van der Waals surface area (Å²) in [5.41, 5.74) is 0.434. The first-order chi connectivity index (χ1) is 14.4. The molecule has 4 heteroatoms. The zero-order valence-electron chi connectivity index (χ0n) is 17.9. The van der Waals surface area contributed by atoms with Crippen molar-refractivity contribution in [2.24, 2.45) is 17.8 Å². The molecular weight excluding hydrogens is 376 g/mol. The number of hydrogen-bond donors (Lipinski definition) is 1. The molecule has 1 saturated carbocycles. The molecule has 0 amide bonds. The topological polar surface area (TPSA) is 63.6 Å². The third kappa shape index (κ3) is 4.99. The van der Waals surface area contributed by atoms with Crippen LogP contribution in [0.3, 0.4) is 0 Å². The van der Waals surface area contributed by atoms with E-state index >= 15 is 0 Å². The SMILES string of the molecule is CC(C)[C@@H]1CC[C@H](C)C[C@H]1OC(=O)/C(C(=O)c1ccccc1)=C(\O)c1ccccc1. The van der Waals surface area contributed by atoms with Gasteiger partial charge >= 0.3 is 5.97 Å². The largest absolute Gasteiger partial charge is 0.506 e. The molecule has 1 fully saturated rings. The second-order valence-electron chi connectivity index (χ2n) is 8.55. The average molecular weight is 407 g/mol. The van der Waals surface area contributed by atoms with Gasteiger partial charge in [-0.25, -0.2) is 4.79 Å². The summed E-state index contributed by atoms with van der Waals surface area (Å²) in [5, 5.41) is 10.9. The molecule has 30 heavy (non-hydrogen) atoms. The van der Waals surface area contributed by atoms with Crippen molar-refractivity contribution < 1.29 is 19.4 Å². The monoisotopic (exact) mass is 406 g/mol. The summed E-state index contributed by atoms with van der Waals surface area (Å²) >= 11 is 0. The van der Waals surface area contributed by atoms with E-state index in [-0.39, 0.29) is 23.4 Å². The summed E-state index contributed by atoms with van der Waals surface area (Å²) in [6.07, 6.45) is 2.61. The highest BCUT2D eigenvalue weighted by Crippen LogP contribution is 2.36. The van der Waals surface area contributed by atoms with Gasteiger partial charge in [-0.15, -0.1) is 0 Å². The normalized spacial score (nSPS) is 22.3. The number of aliphatic hydroxyl groups excluding tert-OH is 1. The zero-order valence-corrected chi connectivity index (χ0v) is 17.9. The van der Waals surface area contributed by atoms with Crippen molar-refractivity contribution in [1.82, 2.24) is 0 Å². The van der Waals surface area contributed by atoms with Gasteiger partial charge in [0.25, 0.3) is 0 Å². The number of esters is 1. The number of ether oxygens (including phenoxy) is 1. The Morgan fingerprint density at radius 3 is 2.07 bits per heavy atom. The van der Waals surface area contributed by atoms with E-state index < -0.39 is 11.8 Å². The molecule has 0 saturated heterocycles. The van der Waals surface area contributed by atoms with Crippen LogP contribution in [0.5, 0.6) is 0 Å². The lowest BCUT2D eigenvalue weighted by molar-refractivity contribution is -0.150. The van der Waals surface area contributed by atoms with Crippen molar-refractivity contribution in [1.29, 1.82) is 0 Å². The molecule has 0 unspecified atom stereocenters. The minimum atomic E-state index is -0.755. The van der Waals surface area contributed by atoms with Crippen LogP contribution in [0.25, 0.3) is 5.76 Å². The Morgan fingerprint density at radius 2 is 1.50 bits per heavy atom. The Hall–Kier alpha value is -2.88.